The number of carbonyl (C=O) groups excluding carboxylic acids is 1. The molecule has 2 heterocycles. The fraction of sp³-hybridized carbons (Fsp3) is 0.529. The number of nitrogens with zero attached hydrogens (tertiary/aromatic N) is 2. The van der Waals surface area contributed by atoms with Crippen molar-refractivity contribution in [2.75, 3.05) is 45.6 Å². The van der Waals surface area contributed by atoms with Gasteiger partial charge in [0.2, 0.25) is 5.91 Å². The van der Waals surface area contributed by atoms with Crippen LogP contribution >= 0.6 is 11.8 Å². The number of morpholine rings is 1. The molecule has 0 saturated carbocycles. The summed E-state index contributed by atoms with van der Waals surface area (Å²) >= 11 is 1.73. The highest BCUT2D eigenvalue weighted by Gasteiger charge is 2.34. The first kappa shape index (κ1) is 17.3. The molecule has 1 aromatic rings. The monoisotopic (exact) mass is 350 g/mol. The van der Waals surface area contributed by atoms with E-state index in [1.54, 1.807) is 23.7 Å². The molecule has 2 aliphatic heterocycles. The summed E-state index contributed by atoms with van der Waals surface area (Å²) < 4.78 is 5.71. The molecule has 6 nitrogen and oxygen atoms in total. The lowest BCUT2D eigenvalue weighted by molar-refractivity contribution is -0.143. The number of carboxylic acid groups (broad SMARTS) is 1. The van der Waals surface area contributed by atoms with E-state index in [9.17, 15) is 9.59 Å². The molecule has 1 N–H and O–H groups in total. The number of carbonyl (C=O) groups is 2. The average molecular weight is 350 g/mol. The lowest BCUT2D eigenvalue weighted by Crippen LogP contribution is -2.50. The van der Waals surface area contributed by atoms with Crippen molar-refractivity contribution in [3.8, 4) is 0 Å². The fourth-order valence-corrected chi connectivity index (χ4v) is 4.48. The quantitative estimate of drug-likeness (QED) is 0.858. The normalized spacial score (nSPS) is 23.3. The largest absolute Gasteiger partial charge is 0.480 e. The number of amides is 1. The van der Waals surface area contributed by atoms with E-state index in [-0.39, 0.29) is 24.5 Å². The molecule has 0 aliphatic carbocycles. The van der Waals surface area contributed by atoms with Gasteiger partial charge in [-0.1, -0.05) is 18.2 Å². The van der Waals surface area contributed by atoms with E-state index >= 15 is 0 Å². The molecule has 2 aliphatic rings. The van der Waals surface area contributed by atoms with Gasteiger partial charge in [-0.2, -0.15) is 0 Å². The Balaban J connectivity index is 1.61. The van der Waals surface area contributed by atoms with Crippen LogP contribution in [-0.4, -0.2) is 78.5 Å². The molecule has 0 bridgehead atoms. The number of thioether (sulfide) groups is 1. The summed E-state index contributed by atoms with van der Waals surface area (Å²) in [6.07, 6.45) is -0.142. The van der Waals surface area contributed by atoms with E-state index in [1.807, 2.05) is 23.1 Å². The maximum Gasteiger partial charge on any atom is 0.317 e. The van der Waals surface area contributed by atoms with Crippen LogP contribution in [0, 0.1) is 0 Å². The number of ether oxygens (including phenoxy) is 1. The predicted octanol–water partition coefficient (Wildman–Crippen LogP) is 1.12. The van der Waals surface area contributed by atoms with Crippen LogP contribution in [0.25, 0.3) is 0 Å². The van der Waals surface area contributed by atoms with Crippen molar-refractivity contribution in [2.24, 2.45) is 0 Å². The molecular formula is C17H22N2O4S. The van der Waals surface area contributed by atoms with E-state index in [0.29, 0.717) is 26.2 Å². The number of hydrogen-bond donors (Lipinski definition) is 1. The van der Waals surface area contributed by atoms with Crippen LogP contribution in [0.4, 0.5) is 0 Å². The minimum atomic E-state index is -0.860. The van der Waals surface area contributed by atoms with Gasteiger partial charge in [0.15, 0.2) is 0 Å². The lowest BCUT2D eigenvalue weighted by Gasteiger charge is -2.35. The van der Waals surface area contributed by atoms with Gasteiger partial charge in [-0.3, -0.25) is 14.5 Å². The van der Waals surface area contributed by atoms with E-state index in [2.05, 4.69) is 6.07 Å². The SMILES string of the molecule is CN(CC(=O)O)C[C@@H]1CN(C(=O)[C@H]2CSc3ccccc32)CCO1. The third kappa shape index (κ3) is 3.91. The molecule has 1 amide bonds. The number of aliphatic carboxylic acids is 1. The molecular weight excluding hydrogens is 328 g/mol. The van der Waals surface area contributed by atoms with Crippen molar-refractivity contribution in [1.82, 2.24) is 9.80 Å². The fourth-order valence-electron chi connectivity index (χ4n) is 3.26. The van der Waals surface area contributed by atoms with Gasteiger partial charge >= 0.3 is 5.97 Å². The summed E-state index contributed by atoms with van der Waals surface area (Å²) in [5.74, 6) is 0.00299. The number of fused-ring (bicyclic) bond motifs is 1. The molecule has 0 unspecified atom stereocenters. The molecule has 1 aromatic carbocycles. The highest BCUT2D eigenvalue weighted by molar-refractivity contribution is 7.99. The summed E-state index contributed by atoms with van der Waals surface area (Å²) in [6, 6.07) is 8.09. The van der Waals surface area contributed by atoms with Gasteiger partial charge in [0.1, 0.15) is 0 Å². The first-order valence-corrected chi connectivity index (χ1v) is 9.05. The van der Waals surface area contributed by atoms with E-state index in [1.165, 1.54) is 4.90 Å². The molecule has 3 rings (SSSR count). The van der Waals surface area contributed by atoms with Crippen molar-refractivity contribution < 1.29 is 19.4 Å². The second-order valence-corrected chi connectivity index (χ2v) is 7.33. The van der Waals surface area contributed by atoms with Crippen LogP contribution in [-0.2, 0) is 14.3 Å². The number of hydrogen-bond acceptors (Lipinski definition) is 5. The van der Waals surface area contributed by atoms with Crippen LogP contribution in [0.1, 0.15) is 11.5 Å². The van der Waals surface area contributed by atoms with E-state index < -0.39 is 5.97 Å². The number of benzene rings is 1. The standard InChI is InChI=1S/C17H22N2O4S/c1-18(10-16(20)21)8-12-9-19(6-7-23-12)17(22)14-11-24-15-5-3-2-4-13(14)15/h2-5,12,14H,6-11H2,1H3,(H,20,21)/t12-,14+/m1/s1. The summed E-state index contributed by atoms with van der Waals surface area (Å²) in [6.45, 7) is 2.10. The first-order chi connectivity index (χ1) is 11.5. The van der Waals surface area contributed by atoms with Crippen LogP contribution in [0.3, 0.4) is 0 Å². The highest BCUT2D eigenvalue weighted by atomic mass is 32.2. The zero-order chi connectivity index (χ0) is 17.1. The zero-order valence-electron chi connectivity index (χ0n) is 13.7. The van der Waals surface area contributed by atoms with Crippen LogP contribution < -0.4 is 0 Å². The minimum absolute atomic E-state index is 0.0273. The Morgan fingerprint density at radius 3 is 3.00 bits per heavy atom. The first-order valence-electron chi connectivity index (χ1n) is 8.07. The van der Waals surface area contributed by atoms with Crippen molar-refractivity contribution in [1.29, 1.82) is 0 Å². The van der Waals surface area contributed by atoms with Gasteiger partial charge < -0.3 is 14.7 Å². The smallest absolute Gasteiger partial charge is 0.317 e. The van der Waals surface area contributed by atoms with Crippen LogP contribution in [0.5, 0.6) is 0 Å². The van der Waals surface area contributed by atoms with Gasteiger partial charge in [0.25, 0.3) is 0 Å². The molecule has 1 fully saturated rings. The Hall–Kier alpha value is -1.57. The van der Waals surface area contributed by atoms with Gasteiger partial charge in [0, 0.05) is 30.3 Å². The maximum atomic E-state index is 12.9. The van der Waals surface area contributed by atoms with Crippen molar-refractivity contribution in [3.05, 3.63) is 29.8 Å². The zero-order valence-corrected chi connectivity index (χ0v) is 14.5. The minimum Gasteiger partial charge on any atom is -0.480 e. The second-order valence-electron chi connectivity index (χ2n) is 6.27. The Morgan fingerprint density at radius 2 is 2.21 bits per heavy atom. The number of likely N-dealkylation sites (N-methyl/N-ethyl adjacent to an activating group) is 1. The Bertz CT molecular complexity index is 624. The summed E-state index contributed by atoms with van der Waals surface area (Å²) in [7, 11) is 1.75. The molecule has 1 saturated heterocycles. The summed E-state index contributed by atoms with van der Waals surface area (Å²) in [5, 5.41) is 8.84. The van der Waals surface area contributed by atoms with Crippen molar-refractivity contribution >= 4 is 23.6 Å². The molecule has 0 radical (unpaired) electrons. The molecule has 0 aromatic heterocycles. The number of rotatable bonds is 5. The van der Waals surface area contributed by atoms with Gasteiger partial charge in [-0.15, -0.1) is 11.8 Å². The molecule has 24 heavy (non-hydrogen) atoms. The molecule has 2 atom stereocenters. The number of carboxylic acids is 1. The third-order valence-corrected chi connectivity index (χ3v) is 5.55. The summed E-state index contributed by atoms with van der Waals surface area (Å²) in [5.41, 5.74) is 1.12. The van der Waals surface area contributed by atoms with Crippen molar-refractivity contribution in [2.45, 2.75) is 16.9 Å². The topological polar surface area (TPSA) is 70.1 Å². The third-order valence-electron chi connectivity index (χ3n) is 4.37. The second kappa shape index (κ2) is 7.55. The lowest BCUT2D eigenvalue weighted by atomic mass is 9.99. The van der Waals surface area contributed by atoms with E-state index in [4.69, 9.17) is 9.84 Å². The Morgan fingerprint density at radius 1 is 1.42 bits per heavy atom. The van der Waals surface area contributed by atoms with Gasteiger partial charge in [-0.25, -0.2) is 0 Å². The maximum absolute atomic E-state index is 12.9. The van der Waals surface area contributed by atoms with E-state index in [0.717, 1.165) is 11.3 Å². The highest BCUT2D eigenvalue weighted by Crippen LogP contribution is 2.40. The van der Waals surface area contributed by atoms with Crippen molar-refractivity contribution in [3.63, 3.8) is 0 Å². The molecule has 7 heteroatoms. The average Bonchev–Trinajstić information content (AvgIpc) is 2.97. The molecule has 0 spiro atoms. The van der Waals surface area contributed by atoms with Gasteiger partial charge in [-0.05, 0) is 18.7 Å². The van der Waals surface area contributed by atoms with Crippen LogP contribution in [0.2, 0.25) is 0 Å². The van der Waals surface area contributed by atoms with Gasteiger partial charge in [0.05, 0.1) is 25.2 Å². The molecule has 130 valence electrons. The Kier molecular flexibility index (Phi) is 5.43. The summed E-state index contributed by atoms with van der Waals surface area (Å²) in [4.78, 5) is 28.5. The van der Waals surface area contributed by atoms with Crippen LogP contribution in [0.15, 0.2) is 29.2 Å². The predicted molar refractivity (Wildman–Crippen MR) is 91.4 cm³/mol. The Labute approximate surface area is 145 Å².